The molecule has 4 nitrogen and oxygen atoms in total. The van der Waals surface area contributed by atoms with Crippen LogP contribution in [0, 0.1) is 40.9 Å². The molecule has 6 aromatic carbocycles. The summed E-state index contributed by atoms with van der Waals surface area (Å²) in [7, 11) is 0. The Morgan fingerprint density at radius 3 is 1.58 bits per heavy atom. The van der Waals surface area contributed by atoms with Gasteiger partial charge >= 0.3 is 0 Å². The van der Waals surface area contributed by atoms with Gasteiger partial charge in [-0.1, -0.05) is 121 Å². The number of rotatable bonds is 5. The van der Waals surface area contributed by atoms with Crippen molar-refractivity contribution in [3.8, 4) is 56.8 Å². The van der Waals surface area contributed by atoms with Crippen molar-refractivity contribution in [1.82, 2.24) is 15.0 Å². The van der Waals surface area contributed by atoms with Gasteiger partial charge in [-0.25, -0.2) is 15.0 Å². The summed E-state index contributed by atoms with van der Waals surface area (Å²) in [6.07, 6.45) is 15.7. The lowest BCUT2D eigenvalue weighted by molar-refractivity contribution is -0.00518. The molecular weight excluding hydrogens is 779 g/mol. The maximum atomic E-state index is 6.66. The zero-order chi connectivity index (χ0) is 41.6. The quantitative estimate of drug-likeness (QED) is 0.173. The van der Waals surface area contributed by atoms with Gasteiger partial charge in [-0.3, -0.25) is 0 Å². The standard InChI is InChI=1S/C60H51N3O/c1-2-8-47-45(7-1)46-22-17-40(27-50(46)60(47)48-9-3-5-11-52(48)64-53-12-6-4-10-49(53)60)56-62-54(38-13-18-42(19-14-38)57-28-35-23-36(29-57)25-37(24-35)30-57)61-55(63-56)39-15-20-43(21-16-39)58-32-44-26-41-31-59(44,34-58)51(41)33-58/h1-22,27,35-37,41,44,51H,23-26,28-34H2/t35?,36?,37?,41?,44-,51?,57?,58?,59+/m0/s1. The highest BCUT2D eigenvalue weighted by molar-refractivity contribution is 5.90. The van der Waals surface area contributed by atoms with Crippen molar-refractivity contribution in [3.05, 3.63) is 173 Å². The molecule has 64 heavy (non-hydrogen) atoms. The Morgan fingerprint density at radius 1 is 0.438 bits per heavy atom. The van der Waals surface area contributed by atoms with Crippen LogP contribution in [0.4, 0.5) is 0 Å². The average Bonchev–Trinajstić information content (AvgIpc) is 4.06. The lowest BCUT2D eigenvalue weighted by atomic mass is 9.48. The van der Waals surface area contributed by atoms with Crippen molar-refractivity contribution in [2.24, 2.45) is 40.9 Å². The fourth-order valence-electron chi connectivity index (χ4n) is 17.7. The maximum Gasteiger partial charge on any atom is 0.164 e. The Kier molecular flexibility index (Phi) is 6.69. The van der Waals surface area contributed by atoms with Crippen molar-refractivity contribution in [2.75, 3.05) is 0 Å². The first-order chi connectivity index (χ1) is 31.5. The number of benzene rings is 6. The summed E-state index contributed by atoms with van der Waals surface area (Å²) in [5, 5.41) is 0. The second-order valence-electron chi connectivity index (χ2n) is 22.4. The van der Waals surface area contributed by atoms with E-state index in [2.05, 4.69) is 140 Å². The highest BCUT2D eigenvalue weighted by Gasteiger charge is 2.76. The molecule has 5 atom stereocenters. The second-order valence-corrected chi connectivity index (χ2v) is 22.4. The molecule has 2 spiro atoms. The lowest BCUT2D eigenvalue weighted by Gasteiger charge is -2.57. The molecule has 7 aromatic rings. The van der Waals surface area contributed by atoms with E-state index in [9.17, 15) is 0 Å². The third-order valence-corrected chi connectivity index (χ3v) is 19.6. The molecule has 7 bridgehead atoms. The lowest BCUT2D eigenvalue weighted by Crippen LogP contribution is -2.48. The Labute approximate surface area is 375 Å². The third-order valence-electron chi connectivity index (χ3n) is 19.6. The van der Waals surface area contributed by atoms with Crippen LogP contribution in [0.1, 0.15) is 104 Å². The van der Waals surface area contributed by atoms with Crippen LogP contribution in [0.5, 0.6) is 11.5 Å². The fourth-order valence-corrected chi connectivity index (χ4v) is 17.7. The molecule has 11 aliphatic rings. The summed E-state index contributed by atoms with van der Waals surface area (Å²) in [6.45, 7) is 0. The topological polar surface area (TPSA) is 47.9 Å². The van der Waals surface area contributed by atoms with E-state index < -0.39 is 5.41 Å². The van der Waals surface area contributed by atoms with Gasteiger partial charge in [-0.05, 0) is 174 Å². The number of fused-ring (bicyclic) bond motifs is 10. The first-order valence-electron chi connectivity index (χ1n) is 24.6. The van der Waals surface area contributed by atoms with Gasteiger partial charge in [-0.15, -0.1) is 0 Å². The van der Waals surface area contributed by atoms with Crippen molar-refractivity contribution < 1.29 is 4.74 Å². The van der Waals surface area contributed by atoms with Gasteiger partial charge in [-0.2, -0.15) is 0 Å². The zero-order valence-electron chi connectivity index (χ0n) is 36.3. The van der Waals surface area contributed by atoms with Crippen molar-refractivity contribution in [3.63, 3.8) is 0 Å². The smallest absolute Gasteiger partial charge is 0.164 e. The monoisotopic (exact) mass is 829 g/mol. The highest BCUT2D eigenvalue weighted by Crippen LogP contribution is 2.83. The van der Waals surface area contributed by atoms with E-state index in [0.29, 0.717) is 22.1 Å². The van der Waals surface area contributed by atoms with Crippen molar-refractivity contribution in [1.29, 1.82) is 0 Å². The second kappa shape index (κ2) is 12.1. The van der Waals surface area contributed by atoms with E-state index in [0.717, 1.165) is 86.5 Å². The molecule has 312 valence electrons. The van der Waals surface area contributed by atoms with Crippen LogP contribution in [-0.2, 0) is 16.2 Å². The number of hydrogen-bond acceptors (Lipinski definition) is 4. The number of hydrogen-bond donors (Lipinski definition) is 0. The molecule has 3 unspecified atom stereocenters. The van der Waals surface area contributed by atoms with Crippen LogP contribution in [0.15, 0.2) is 140 Å². The van der Waals surface area contributed by atoms with E-state index in [1.807, 2.05) is 0 Å². The summed E-state index contributed by atoms with van der Waals surface area (Å²) in [5.41, 5.74) is 14.4. The largest absolute Gasteiger partial charge is 0.457 e. The normalized spacial score (nSPS) is 32.8. The SMILES string of the molecule is c1ccc2c(c1)Oc1ccccc1C21c2ccccc2-c2ccc(-c3nc(-c4ccc(C56CC7CC(CC(C7)C5)C6)cc4)nc(-c4ccc(C56CC7C8C[C@@H](C5)[C@@]7(C8)C6)cc4)n3)cc21. The number of para-hydroxylation sites is 2. The molecule has 1 aromatic heterocycles. The van der Waals surface area contributed by atoms with E-state index in [-0.39, 0.29) is 0 Å². The van der Waals surface area contributed by atoms with Gasteiger partial charge in [0, 0.05) is 27.8 Å². The minimum absolute atomic E-state index is 0.349. The number of ether oxygens (including phenoxy) is 1. The minimum Gasteiger partial charge on any atom is -0.457 e. The molecule has 0 saturated heterocycles. The van der Waals surface area contributed by atoms with E-state index in [4.69, 9.17) is 19.7 Å². The van der Waals surface area contributed by atoms with Crippen LogP contribution >= 0.6 is 0 Å². The Hall–Kier alpha value is -5.87. The molecule has 10 aliphatic carbocycles. The average molecular weight is 830 g/mol. The van der Waals surface area contributed by atoms with Crippen LogP contribution in [0.25, 0.3) is 45.3 Å². The van der Waals surface area contributed by atoms with Gasteiger partial charge in [0.2, 0.25) is 0 Å². The van der Waals surface area contributed by atoms with E-state index >= 15 is 0 Å². The molecule has 9 saturated carbocycles. The molecule has 0 amide bonds. The molecule has 0 N–H and O–H groups in total. The van der Waals surface area contributed by atoms with Crippen LogP contribution in [0.2, 0.25) is 0 Å². The molecule has 18 rings (SSSR count). The molecule has 4 heteroatoms. The van der Waals surface area contributed by atoms with Crippen molar-refractivity contribution >= 4 is 0 Å². The highest BCUT2D eigenvalue weighted by atomic mass is 16.5. The summed E-state index contributed by atoms with van der Waals surface area (Å²) >= 11 is 0. The summed E-state index contributed by atoms with van der Waals surface area (Å²) in [4.78, 5) is 16.2. The van der Waals surface area contributed by atoms with E-state index in [1.165, 1.54) is 98.4 Å². The fraction of sp³-hybridized carbons (Fsp3) is 0.350. The van der Waals surface area contributed by atoms with Crippen LogP contribution < -0.4 is 4.74 Å². The van der Waals surface area contributed by atoms with Gasteiger partial charge in [0.25, 0.3) is 0 Å². The molecule has 2 heterocycles. The van der Waals surface area contributed by atoms with E-state index in [1.54, 1.807) is 5.56 Å². The number of nitrogens with zero attached hydrogens (tertiary/aromatic N) is 3. The Bertz CT molecular complexity index is 2990. The summed E-state index contributed by atoms with van der Waals surface area (Å²) in [5.74, 6) is 9.68. The predicted molar refractivity (Wildman–Crippen MR) is 251 cm³/mol. The minimum atomic E-state index is -0.562. The Morgan fingerprint density at radius 2 is 0.969 bits per heavy atom. The first kappa shape index (κ1) is 35.5. The zero-order valence-corrected chi connectivity index (χ0v) is 36.3. The molecule has 0 radical (unpaired) electrons. The molecule has 9 fully saturated rings. The van der Waals surface area contributed by atoms with Gasteiger partial charge in [0.05, 0.1) is 5.41 Å². The van der Waals surface area contributed by atoms with Gasteiger partial charge < -0.3 is 4.74 Å². The van der Waals surface area contributed by atoms with Gasteiger partial charge in [0.15, 0.2) is 17.5 Å². The first-order valence-corrected chi connectivity index (χ1v) is 24.6. The number of aromatic nitrogens is 3. The summed E-state index contributed by atoms with van der Waals surface area (Å²) in [6, 6.07) is 52.1. The maximum absolute atomic E-state index is 6.66. The van der Waals surface area contributed by atoms with Crippen LogP contribution in [-0.4, -0.2) is 15.0 Å². The summed E-state index contributed by atoms with van der Waals surface area (Å²) < 4.78 is 6.66. The predicted octanol–water partition coefficient (Wildman–Crippen LogP) is 13.9. The molecule has 1 aliphatic heterocycles. The van der Waals surface area contributed by atoms with Crippen molar-refractivity contribution in [2.45, 2.75) is 86.9 Å². The Balaban J connectivity index is 0.847. The molecular formula is C60H51N3O. The van der Waals surface area contributed by atoms with Crippen LogP contribution in [0.3, 0.4) is 0 Å². The van der Waals surface area contributed by atoms with Gasteiger partial charge in [0.1, 0.15) is 11.5 Å². The third kappa shape index (κ3) is 4.43.